The first-order valence-corrected chi connectivity index (χ1v) is 10.3. The first-order valence-electron chi connectivity index (χ1n) is 8.49. The largest absolute Gasteiger partial charge is 0.426 e. The summed E-state index contributed by atoms with van der Waals surface area (Å²) in [6, 6.07) is 8.53. The second-order valence-corrected chi connectivity index (χ2v) is 8.04. The molecular weight excluding hydrogens is 312 g/mol. The summed E-state index contributed by atoms with van der Waals surface area (Å²) in [6.45, 7) is 2.19. The molecule has 0 bridgehead atoms. The van der Waals surface area contributed by atoms with Gasteiger partial charge in [0.1, 0.15) is 11.5 Å². The number of para-hydroxylation sites is 1. The van der Waals surface area contributed by atoms with Gasteiger partial charge in [0.25, 0.3) is 0 Å². The summed E-state index contributed by atoms with van der Waals surface area (Å²) in [5.74, 6) is -0.819. The molecule has 0 saturated heterocycles. The fourth-order valence-electron chi connectivity index (χ4n) is 2.36. The Morgan fingerprint density at radius 1 is 0.913 bits per heavy atom. The minimum atomic E-state index is -3.38. The van der Waals surface area contributed by atoms with E-state index in [0.29, 0.717) is 12.2 Å². The monoisotopic (exact) mass is 340 g/mol. The highest BCUT2D eigenvalue weighted by atomic mass is 32.2. The topological polar surface area (TPSA) is 60.4 Å². The van der Waals surface area contributed by atoms with E-state index >= 15 is 0 Å². The van der Waals surface area contributed by atoms with Crippen molar-refractivity contribution in [3.05, 3.63) is 30.3 Å². The Morgan fingerprint density at radius 3 is 2.09 bits per heavy atom. The molecule has 0 radical (unpaired) electrons. The number of carbonyl (C=O) groups is 1. The summed E-state index contributed by atoms with van der Waals surface area (Å²) in [5.41, 5.74) is 0. The fraction of sp³-hybridized carbons (Fsp3) is 0.611. The van der Waals surface area contributed by atoms with Crippen molar-refractivity contribution >= 4 is 15.8 Å². The summed E-state index contributed by atoms with van der Waals surface area (Å²) in [4.78, 5) is 11.7. The molecule has 4 nitrogen and oxygen atoms in total. The van der Waals surface area contributed by atoms with Gasteiger partial charge in [0, 0.05) is 0 Å². The van der Waals surface area contributed by atoms with Gasteiger partial charge in [0.05, 0.1) is 5.75 Å². The van der Waals surface area contributed by atoms with Crippen molar-refractivity contribution < 1.29 is 17.9 Å². The molecule has 0 fully saturated rings. The number of benzene rings is 1. The van der Waals surface area contributed by atoms with Gasteiger partial charge in [-0.1, -0.05) is 70.1 Å². The lowest BCUT2D eigenvalue weighted by Gasteiger charge is -2.06. The van der Waals surface area contributed by atoms with Crippen LogP contribution in [-0.4, -0.2) is 25.9 Å². The van der Waals surface area contributed by atoms with Gasteiger partial charge in [0.15, 0.2) is 9.84 Å². The zero-order chi connectivity index (χ0) is 17.0. The van der Waals surface area contributed by atoms with Gasteiger partial charge in [-0.3, -0.25) is 4.79 Å². The zero-order valence-corrected chi connectivity index (χ0v) is 14.8. The molecule has 0 N–H and O–H groups in total. The third-order valence-electron chi connectivity index (χ3n) is 3.62. The minimum absolute atomic E-state index is 0.0614. The van der Waals surface area contributed by atoms with Crippen molar-refractivity contribution in [1.82, 2.24) is 0 Å². The van der Waals surface area contributed by atoms with Crippen molar-refractivity contribution in [2.75, 3.05) is 11.5 Å². The molecule has 0 aliphatic rings. The molecule has 0 atom stereocenters. The van der Waals surface area contributed by atoms with E-state index in [-0.39, 0.29) is 5.75 Å². The van der Waals surface area contributed by atoms with Crippen LogP contribution in [-0.2, 0) is 14.6 Å². The van der Waals surface area contributed by atoms with Gasteiger partial charge < -0.3 is 4.74 Å². The number of rotatable bonds is 12. The molecule has 0 aliphatic carbocycles. The van der Waals surface area contributed by atoms with Crippen LogP contribution in [0, 0.1) is 0 Å². The van der Waals surface area contributed by atoms with Crippen LogP contribution in [0.15, 0.2) is 30.3 Å². The molecule has 0 saturated carbocycles. The van der Waals surface area contributed by atoms with Gasteiger partial charge in [-0.2, -0.15) is 0 Å². The average molecular weight is 340 g/mol. The van der Waals surface area contributed by atoms with E-state index in [2.05, 4.69) is 6.92 Å². The second kappa shape index (κ2) is 11.2. The first-order chi connectivity index (χ1) is 11.0. The molecule has 1 aromatic carbocycles. The molecule has 1 rings (SSSR count). The average Bonchev–Trinajstić information content (AvgIpc) is 2.50. The number of hydrogen-bond acceptors (Lipinski definition) is 4. The Labute approximate surface area is 140 Å². The molecule has 0 unspecified atom stereocenters. The Morgan fingerprint density at radius 2 is 1.48 bits per heavy atom. The molecule has 0 spiro atoms. The van der Waals surface area contributed by atoms with Crippen LogP contribution < -0.4 is 4.74 Å². The van der Waals surface area contributed by atoms with E-state index in [1.54, 1.807) is 30.3 Å². The quantitative estimate of drug-likeness (QED) is 0.326. The summed E-state index contributed by atoms with van der Waals surface area (Å²) in [5, 5.41) is 0. The van der Waals surface area contributed by atoms with Crippen LogP contribution in [0.25, 0.3) is 0 Å². The highest BCUT2D eigenvalue weighted by Gasteiger charge is 2.18. The Kier molecular flexibility index (Phi) is 9.60. The number of sulfone groups is 1. The first kappa shape index (κ1) is 19.7. The fourth-order valence-corrected chi connectivity index (χ4v) is 3.56. The van der Waals surface area contributed by atoms with Crippen molar-refractivity contribution in [3.63, 3.8) is 0 Å². The molecular formula is C18H28O4S. The van der Waals surface area contributed by atoms with Gasteiger partial charge in [0.2, 0.25) is 0 Å². The van der Waals surface area contributed by atoms with Gasteiger partial charge in [-0.05, 0) is 18.6 Å². The molecule has 0 aromatic heterocycles. The SMILES string of the molecule is CCCCCCCCCCS(=O)(=O)CC(=O)Oc1ccccc1. The molecule has 130 valence electrons. The predicted molar refractivity (Wildman–Crippen MR) is 93.3 cm³/mol. The standard InChI is InChI=1S/C18H28O4S/c1-2-3-4-5-6-7-8-12-15-23(20,21)16-18(19)22-17-13-10-9-11-14-17/h9-11,13-14H,2-8,12,15-16H2,1H3. The van der Waals surface area contributed by atoms with Crippen LogP contribution >= 0.6 is 0 Å². The van der Waals surface area contributed by atoms with E-state index in [1.807, 2.05) is 0 Å². The molecule has 0 amide bonds. The van der Waals surface area contributed by atoms with Crippen LogP contribution in [0.2, 0.25) is 0 Å². The van der Waals surface area contributed by atoms with E-state index < -0.39 is 21.6 Å². The van der Waals surface area contributed by atoms with Crippen LogP contribution in [0.5, 0.6) is 5.75 Å². The second-order valence-electron chi connectivity index (χ2n) is 5.85. The number of unbranched alkanes of at least 4 members (excludes halogenated alkanes) is 7. The van der Waals surface area contributed by atoms with Crippen molar-refractivity contribution in [3.8, 4) is 5.75 Å². The van der Waals surface area contributed by atoms with Gasteiger partial charge in [-0.25, -0.2) is 8.42 Å². The van der Waals surface area contributed by atoms with E-state index in [4.69, 9.17) is 4.74 Å². The third-order valence-corrected chi connectivity index (χ3v) is 5.21. The van der Waals surface area contributed by atoms with E-state index in [1.165, 1.54) is 25.7 Å². The molecule has 0 aliphatic heterocycles. The van der Waals surface area contributed by atoms with Crippen molar-refractivity contribution in [2.24, 2.45) is 0 Å². The predicted octanol–water partition coefficient (Wildman–Crippen LogP) is 4.15. The maximum Gasteiger partial charge on any atom is 0.326 e. The normalized spacial score (nSPS) is 11.3. The molecule has 1 aromatic rings. The zero-order valence-electron chi connectivity index (χ0n) is 14.0. The lowest BCUT2D eigenvalue weighted by atomic mass is 10.1. The lowest BCUT2D eigenvalue weighted by Crippen LogP contribution is -2.23. The Balaban J connectivity index is 2.16. The Hall–Kier alpha value is -1.36. The number of esters is 1. The highest BCUT2D eigenvalue weighted by Crippen LogP contribution is 2.11. The lowest BCUT2D eigenvalue weighted by molar-refractivity contribution is -0.131. The van der Waals surface area contributed by atoms with E-state index in [0.717, 1.165) is 19.3 Å². The number of ether oxygens (including phenoxy) is 1. The summed E-state index contributed by atoms with van der Waals surface area (Å²) < 4.78 is 28.8. The highest BCUT2D eigenvalue weighted by molar-refractivity contribution is 7.92. The maximum atomic E-state index is 11.9. The molecule has 23 heavy (non-hydrogen) atoms. The van der Waals surface area contributed by atoms with Crippen LogP contribution in [0.4, 0.5) is 0 Å². The van der Waals surface area contributed by atoms with Crippen LogP contribution in [0.3, 0.4) is 0 Å². The number of carbonyl (C=O) groups excluding carboxylic acids is 1. The molecule has 5 heteroatoms. The van der Waals surface area contributed by atoms with Crippen LogP contribution in [0.1, 0.15) is 58.3 Å². The van der Waals surface area contributed by atoms with Crippen molar-refractivity contribution in [2.45, 2.75) is 58.3 Å². The molecule has 0 heterocycles. The van der Waals surface area contributed by atoms with Crippen molar-refractivity contribution in [1.29, 1.82) is 0 Å². The third kappa shape index (κ3) is 10.1. The summed E-state index contributed by atoms with van der Waals surface area (Å²) in [7, 11) is -3.38. The number of hydrogen-bond donors (Lipinski definition) is 0. The van der Waals surface area contributed by atoms with E-state index in [9.17, 15) is 13.2 Å². The van der Waals surface area contributed by atoms with Gasteiger partial charge >= 0.3 is 5.97 Å². The summed E-state index contributed by atoms with van der Waals surface area (Å²) >= 11 is 0. The smallest absolute Gasteiger partial charge is 0.326 e. The maximum absolute atomic E-state index is 11.9. The summed E-state index contributed by atoms with van der Waals surface area (Å²) in [6.07, 6.45) is 8.75. The Bertz CT molecular complexity index is 537. The van der Waals surface area contributed by atoms with Gasteiger partial charge in [-0.15, -0.1) is 0 Å². The minimum Gasteiger partial charge on any atom is -0.426 e.